The lowest BCUT2D eigenvalue weighted by Gasteiger charge is -2.10. The minimum Gasteiger partial charge on any atom is -0.491 e. The summed E-state index contributed by atoms with van der Waals surface area (Å²) in [7, 11) is 1.82. The zero-order chi connectivity index (χ0) is 13.4. The Hall–Kier alpha value is -2.21. The molecule has 1 aromatic rings. The maximum Gasteiger partial charge on any atom is 0.142 e. The number of ether oxygens (including phenoxy) is 1. The summed E-state index contributed by atoms with van der Waals surface area (Å²) in [6, 6.07) is 5.64. The van der Waals surface area contributed by atoms with Crippen molar-refractivity contribution in [3.63, 3.8) is 0 Å². The molecule has 0 aliphatic heterocycles. The van der Waals surface area contributed by atoms with Crippen LogP contribution in [0.15, 0.2) is 30.4 Å². The standard InChI is InChI=1S/C15H17NO2/c1-12(2)5-6-13-7-8-15(14(11-13)16-3)18-10-4-9-17/h7-9,11,16H,1,4,10H2,2-3H3. The zero-order valence-corrected chi connectivity index (χ0v) is 10.7. The smallest absolute Gasteiger partial charge is 0.142 e. The van der Waals surface area contributed by atoms with E-state index < -0.39 is 0 Å². The first-order valence-corrected chi connectivity index (χ1v) is 5.73. The number of aldehydes is 1. The van der Waals surface area contributed by atoms with Crippen molar-refractivity contribution >= 4 is 12.0 Å². The van der Waals surface area contributed by atoms with Crippen LogP contribution in [0, 0.1) is 11.8 Å². The molecule has 0 aromatic heterocycles. The molecule has 18 heavy (non-hydrogen) atoms. The van der Waals surface area contributed by atoms with Crippen molar-refractivity contribution in [3.05, 3.63) is 35.9 Å². The Kier molecular flexibility index (Phi) is 5.53. The fourth-order valence-electron chi connectivity index (χ4n) is 1.32. The molecular formula is C15H17NO2. The molecule has 0 amide bonds. The summed E-state index contributed by atoms with van der Waals surface area (Å²) in [6.07, 6.45) is 1.23. The van der Waals surface area contributed by atoms with Gasteiger partial charge in [0.15, 0.2) is 0 Å². The van der Waals surface area contributed by atoms with Crippen molar-refractivity contribution in [1.29, 1.82) is 0 Å². The molecule has 0 heterocycles. The molecule has 0 fully saturated rings. The summed E-state index contributed by atoms with van der Waals surface area (Å²) in [5.74, 6) is 6.66. The van der Waals surface area contributed by atoms with Crippen LogP contribution >= 0.6 is 0 Å². The maximum atomic E-state index is 10.2. The van der Waals surface area contributed by atoms with Gasteiger partial charge >= 0.3 is 0 Å². The third-order valence-electron chi connectivity index (χ3n) is 2.16. The van der Waals surface area contributed by atoms with E-state index in [9.17, 15) is 4.79 Å². The Balaban J connectivity index is 2.86. The second kappa shape index (κ2) is 7.18. The van der Waals surface area contributed by atoms with Gasteiger partial charge in [0, 0.05) is 19.0 Å². The van der Waals surface area contributed by atoms with Gasteiger partial charge < -0.3 is 14.8 Å². The summed E-state index contributed by atoms with van der Waals surface area (Å²) >= 11 is 0. The largest absolute Gasteiger partial charge is 0.491 e. The van der Waals surface area contributed by atoms with Gasteiger partial charge in [-0.15, -0.1) is 0 Å². The number of rotatable bonds is 5. The zero-order valence-electron chi connectivity index (χ0n) is 10.7. The molecule has 0 atom stereocenters. The number of anilines is 1. The van der Waals surface area contributed by atoms with E-state index in [2.05, 4.69) is 23.7 Å². The molecule has 0 bridgehead atoms. The van der Waals surface area contributed by atoms with Crippen molar-refractivity contribution < 1.29 is 9.53 Å². The third kappa shape index (κ3) is 4.34. The molecule has 0 spiro atoms. The van der Waals surface area contributed by atoms with Gasteiger partial charge in [-0.05, 0) is 30.7 Å². The van der Waals surface area contributed by atoms with E-state index in [-0.39, 0.29) is 0 Å². The van der Waals surface area contributed by atoms with Crippen LogP contribution in [0.1, 0.15) is 18.9 Å². The minimum absolute atomic E-state index is 0.384. The first-order chi connectivity index (χ1) is 8.67. The summed E-state index contributed by atoms with van der Waals surface area (Å²) in [6.45, 7) is 5.98. The van der Waals surface area contributed by atoms with Gasteiger partial charge in [0.1, 0.15) is 12.0 Å². The highest BCUT2D eigenvalue weighted by atomic mass is 16.5. The average molecular weight is 243 g/mol. The first-order valence-electron chi connectivity index (χ1n) is 5.73. The Morgan fingerprint density at radius 3 is 2.94 bits per heavy atom. The molecule has 1 rings (SSSR count). The highest BCUT2D eigenvalue weighted by Crippen LogP contribution is 2.25. The van der Waals surface area contributed by atoms with E-state index in [0.717, 1.165) is 28.9 Å². The van der Waals surface area contributed by atoms with E-state index in [1.807, 2.05) is 32.2 Å². The second-order valence-corrected chi connectivity index (χ2v) is 3.80. The molecule has 1 aromatic carbocycles. The van der Waals surface area contributed by atoms with E-state index >= 15 is 0 Å². The fourth-order valence-corrected chi connectivity index (χ4v) is 1.32. The number of allylic oxidation sites excluding steroid dienone is 1. The first kappa shape index (κ1) is 13.9. The van der Waals surface area contributed by atoms with Crippen molar-refractivity contribution in [3.8, 4) is 17.6 Å². The molecule has 3 nitrogen and oxygen atoms in total. The lowest BCUT2D eigenvalue weighted by atomic mass is 10.1. The fraction of sp³-hybridized carbons (Fsp3) is 0.267. The van der Waals surface area contributed by atoms with Crippen LogP contribution in [-0.4, -0.2) is 19.9 Å². The van der Waals surface area contributed by atoms with E-state index in [0.29, 0.717) is 13.0 Å². The average Bonchev–Trinajstić information content (AvgIpc) is 2.37. The number of hydrogen-bond acceptors (Lipinski definition) is 3. The van der Waals surface area contributed by atoms with Crippen LogP contribution in [0.2, 0.25) is 0 Å². The Bertz CT molecular complexity index is 495. The molecule has 0 radical (unpaired) electrons. The summed E-state index contributed by atoms with van der Waals surface area (Å²) < 4.78 is 5.49. The molecule has 0 unspecified atom stereocenters. The molecule has 0 aliphatic carbocycles. The monoisotopic (exact) mass is 243 g/mol. The van der Waals surface area contributed by atoms with E-state index in [4.69, 9.17) is 4.74 Å². The number of carbonyl (C=O) groups excluding carboxylic acids is 1. The maximum absolute atomic E-state index is 10.2. The van der Waals surface area contributed by atoms with Crippen LogP contribution in [-0.2, 0) is 4.79 Å². The van der Waals surface area contributed by atoms with Crippen LogP contribution in [0.4, 0.5) is 5.69 Å². The molecular weight excluding hydrogens is 226 g/mol. The number of carbonyl (C=O) groups is 1. The number of benzene rings is 1. The highest BCUT2D eigenvalue weighted by Gasteiger charge is 2.02. The van der Waals surface area contributed by atoms with Crippen LogP contribution in [0.25, 0.3) is 0 Å². The van der Waals surface area contributed by atoms with Gasteiger partial charge in [0.25, 0.3) is 0 Å². The molecule has 3 heteroatoms. The Morgan fingerprint density at radius 1 is 1.56 bits per heavy atom. The predicted octanol–water partition coefficient (Wildman–Crippen LogP) is 2.62. The van der Waals surface area contributed by atoms with Gasteiger partial charge in [0.05, 0.1) is 12.3 Å². The second-order valence-electron chi connectivity index (χ2n) is 3.80. The molecule has 0 aliphatic rings. The van der Waals surface area contributed by atoms with E-state index in [1.165, 1.54) is 0 Å². The lowest BCUT2D eigenvalue weighted by molar-refractivity contribution is -0.108. The van der Waals surface area contributed by atoms with Crippen molar-refractivity contribution in [1.82, 2.24) is 0 Å². The molecule has 1 N–H and O–H groups in total. The molecule has 0 saturated carbocycles. The normalized spacial score (nSPS) is 9.00. The molecule has 94 valence electrons. The minimum atomic E-state index is 0.384. The Morgan fingerprint density at radius 2 is 2.33 bits per heavy atom. The summed E-state index contributed by atoms with van der Waals surface area (Å²) in [5.41, 5.74) is 2.58. The van der Waals surface area contributed by atoms with E-state index in [1.54, 1.807) is 0 Å². The number of nitrogens with one attached hydrogen (secondary N) is 1. The predicted molar refractivity (Wildman–Crippen MR) is 73.9 cm³/mol. The quantitative estimate of drug-likeness (QED) is 0.491. The van der Waals surface area contributed by atoms with Gasteiger partial charge in [0.2, 0.25) is 0 Å². The summed E-state index contributed by atoms with van der Waals surface area (Å²) in [5, 5.41) is 3.05. The van der Waals surface area contributed by atoms with Crippen LogP contribution < -0.4 is 10.1 Å². The Labute approximate surface area is 108 Å². The van der Waals surface area contributed by atoms with Crippen molar-refractivity contribution in [2.45, 2.75) is 13.3 Å². The topological polar surface area (TPSA) is 38.3 Å². The van der Waals surface area contributed by atoms with Crippen LogP contribution in [0.5, 0.6) is 5.75 Å². The van der Waals surface area contributed by atoms with Gasteiger partial charge in [-0.3, -0.25) is 0 Å². The van der Waals surface area contributed by atoms with Crippen molar-refractivity contribution in [2.24, 2.45) is 0 Å². The van der Waals surface area contributed by atoms with Crippen LogP contribution in [0.3, 0.4) is 0 Å². The third-order valence-corrected chi connectivity index (χ3v) is 2.16. The van der Waals surface area contributed by atoms with Gasteiger partial charge in [-0.25, -0.2) is 0 Å². The number of hydrogen-bond donors (Lipinski definition) is 1. The highest BCUT2D eigenvalue weighted by molar-refractivity contribution is 5.60. The SMILES string of the molecule is C=C(C)C#Cc1ccc(OCCC=O)c(NC)c1. The molecule has 0 saturated heterocycles. The summed E-state index contributed by atoms with van der Waals surface area (Å²) in [4.78, 5) is 10.2. The lowest BCUT2D eigenvalue weighted by Crippen LogP contribution is -2.01. The van der Waals surface area contributed by atoms with Gasteiger partial charge in [-0.1, -0.05) is 18.4 Å². The van der Waals surface area contributed by atoms with Crippen molar-refractivity contribution in [2.75, 3.05) is 19.0 Å². The van der Waals surface area contributed by atoms with Gasteiger partial charge in [-0.2, -0.15) is 0 Å².